The molecule has 0 radical (unpaired) electrons. The van der Waals surface area contributed by atoms with Crippen molar-refractivity contribution in [2.75, 3.05) is 14.2 Å². The van der Waals surface area contributed by atoms with Crippen molar-refractivity contribution in [3.8, 4) is 33.9 Å². The van der Waals surface area contributed by atoms with Crippen molar-refractivity contribution in [3.05, 3.63) is 76.8 Å². The summed E-state index contributed by atoms with van der Waals surface area (Å²) in [6.45, 7) is 0. The molecule has 4 aromatic rings. The number of benzene rings is 3. The Morgan fingerprint density at radius 2 is 1.52 bits per heavy atom. The van der Waals surface area contributed by atoms with Gasteiger partial charge in [-0.25, -0.2) is 4.98 Å². The second-order valence-electron chi connectivity index (χ2n) is 6.27. The topological polar surface area (TPSA) is 31.4 Å². The summed E-state index contributed by atoms with van der Waals surface area (Å²) >= 11 is 12.8. The van der Waals surface area contributed by atoms with Gasteiger partial charge in [0.1, 0.15) is 0 Å². The summed E-state index contributed by atoms with van der Waals surface area (Å²) in [6, 6.07) is 21.2. The molecule has 148 valence electrons. The highest BCUT2D eigenvalue weighted by molar-refractivity contribution is 6.34. The number of fused-ring (bicyclic) bond motifs is 1. The standard InChI is InChI=1S/C23H17Cl2NO2.ClH/c1-27-22-10-7-14(11-23(22)28-2)21-13-17(16-5-3-4-6-19(16)25)18-12-15(24)8-9-20(18)26-21;/h3-13H,1-2H3;1H. The van der Waals surface area contributed by atoms with Crippen LogP contribution in [0.2, 0.25) is 10.0 Å². The Bertz CT molecular complexity index is 1180. The van der Waals surface area contributed by atoms with Gasteiger partial charge in [0, 0.05) is 26.6 Å². The van der Waals surface area contributed by atoms with Crippen molar-refractivity contribution in [2.45, 2.75) is 0 Å². The first-order valence-electron chi connectivity index (χ1n) is 8.68. The second kappa shape index (κ2) is 8.91. The van der Waals surface area contributed by atoms with Crippen molar-refractivity contribution in [1.82, 2.24) is 4.98 Å². The van der Waals surface area contributed by atoms with Gasteiger partial charge in [-0.3, -0.25) is 0 Å². The van der Waals surface area contributed by atoms with Crippen molar-refractivity contribution in [2.24, 2.45) is 0 Å². The van der Waals surface area contributed by atoms with Crippen LogP contribution in [-0.4, -0.2) is 19.2 Å². The van der Waals surface area contributed by atoms with Gasteiger partial charge in [0.05, 0.1) is 25.4 Å². The fourth-order valence-electron chi connectivity index (χ4n) is 3.24. The lowest BCUT2D eigenvalue weighted by atomic mass is 9.98. The molecule has 6 heteroatoms. The van der Waals surface area contributed by atoms with Crippen LogP contribution < -0.4 is 9.47 Å². The first kappa shape index (κ1) is 21.3. The Hall–Kier alpha value is -2.46. The molecule has 3 aromatic carbocycles. The van der Waals surface area contributed by atoms with E-state index in [1.807, 2.05) is 66.7 Å². The molecule has 0 aliphatic heterocycles. The molecule has 0 saturated carbocycles. The smallest absolute Gasteiger partial charge is 0.161 e. The molecule has 0 spiro atoms. The second-order valence-corrected chi connectivity index (χ2v) is 7.11. The average molecular weight is 447 g/mol. The number of pyridine rings is 1. The lowest BCUT2D eigenvalue weighted by Gasteiger charge is -2.13. The molecule has 0 unspecified atom stereocenters. The summed E-state index contributed by atoms with van der Waals surface area (Å²) in [5, 5.41) is 2.28. The van der Waals surface area contributed by atoms with E-state index in [1.165, 1.54) is 0 Å². The zero-order chi connectivity index (χ0) is 19.7. The number of hydrogen-bond acceptors (Lipinski definition) is 3. The van der Waals surface area contributed by atoms with E-state index in [2.05, 4.69) is 0 Å². The van der Waals surface area contributed by atoms with Crippen molar-refractivity contribution >= 4 is 46.5 Å². The Labute approximate surface area is 185 Å². The van der Waals surface area contributed by atoms with Crippen LogP contribution in [0.25, 0.3) is 33.3 Å². The van der Waals surface area contributed by atoms with Crippen molar-refractivity contribution in [1.29, 1.82) is 0 Å². The monoisotopic (exact) mass is 445 g/mol. The zero-order valence-electron chi connectivity index (χ0n) is 15.8. The highest BCUT2D eigenvalue weighted by Crippen LogP contribution is 2.38. The first-order chi connectivity index (χ1) is 13.6. The van der Waals surface area contributed by atoms with Crippen LogP contribution in [0.15, 0.2) is 66.7 Å². The van der Waals surface area contributed by atoms with Gasteiger partial charge in [0.25, 0.3) is 0 Å². The third-order valence-electron chi connectivity index (χ3n) is 4.61. The Balaban J connectivity index is 0.00000240. The van der Waals surface area contributed by atoms with E-state index < -0.39 is 0 Å². The van der Waals surface area contributed by atoms with Crippen LogP contribution in [0.1, 0.15) is 0 Å². The molecule has 0 fully saturated rings. The van der Waals surface area contributed by atoms with Gasteiger partial charge in [0.2, 0.25) is 0 Å². The fraction of sp³-hybridized carbons (Fsp3) is 0.0870. The number of nitrogens with zero attached hydrogens (tertiary/aromatic N) is 1. The molecule has 0 amide bonds. The minimum atomic E-state index is 0. The Morgan fingerprint density at radius 3 is 2.24 bits per heavy atom. The highest BCUT2D eigenvalue weighted by atomic mass is 35.5. The molecule has 3 nitrogen and oxygen atoms in total. The molecular weight excluding hydrogens is 429 g/mol. The minimum Gasteiger partial charge on any atom is -0.493 e. The Morgan fingerprint density at radius 1 is 0.759 bits per heavy atom. The summed E-state index contributed by atoms with van der Waals surface area (Å²) in [6.07, 6.45) is 0. The predicted octanol–water partition coefficient (Wildman–Crippen LogP) is 7.31. The number of ether oxygens (including phenoxy) is 2. The van der Waals surface area contributed by atoms with Gasteiger partial charge in [-0.05, 0) is 54.1 Å². The van der Waals surface area contributed by atoms with Gasteiger partial charge in [-0.2, -0.15) is 0 Å². The maximum absolute atomic E-state index is 6.49. The summed E-state index contributed by atoms with van der Waals surface area (Å²) in [5.41, 5.74) is 4.48. The quantitative estimate of drug-likeness (QED) is 0.329. The number of methoxy groups -OCH3 is 2. The number of hydrogen-bond donors (Lipinski definition) is 0. The third-order valence-corrected chi connectivity index (χ3v) is 5.18. The Kier molecular flexibility index (Phi) is 6.53. The summed E-state index contributed by atoms with van der Waals surface area (Å²) < 4.78 is 10.8. The largest absolute Gasteiger partial charge is 0.493 e. The fourth-order valence-corrected chi connectivity index (χ4v) is 3.65. The summed E-state index contributed by atoms with van der Waals surface area (Å²) in [7, 11) is 3.23. The van der Waals surface area contributed by atoms with Crippen molar-refractivity contribution in [3.63, 3.8) is 0 Å². The predicted molar refractivity (Wildman–Crippen MR) is 123 cm³/mol. The summed E-state index contributed by atoms with van der Waals surface area (Å²) in [4.78, 5) is 4.84. The normalized spacial score (nSPS) is 10.5. The molecular formula is C23H18Cl3NO2. The summed E-state index contributed by atoms with van der Waals surface area (Å²) in [5.74, 6) is 1.32. The number of halogens is 3. The molecule has 1 heterocycles. The van der Waals surface area contributed by atoms with Gasteiger partial charge >= 0.3 is 0 Å². The lowest BCUT2D eigenvalue weighted by molar-refractivity contribution is 0.355. The van der Waals surface area contributed by atoms with Gasteiger partial charge in [-0.15, -0.1) is 12.4 Å². The minimum absolute atomic E-state index is 0. The molecule has 0 bridgehead atoms. The molecule has 29 heavy (non-hydrogen) atoms. The number of aromatic nitrogens is 1. The number of rotatable bonds is 4. The SMILES string of the molecule is COc1ccc(-c2cc(-c3ccccc3Cl)c3cc(Cl)ccc3n2)cc1OC.Cl. The molecule has 0 saturated heterocycles. The van der Waals surface area contributed by atoms with Crippen LogP contribution in [0.3, 0.4) is 0 Å². The maximum atomic E-state index is 6.49. The van der Waals surface area contributed by atoms with E-state index in [-0.39, 0.29) is 12.4 Å². The lowest BCUT2D eigenvalue weighted by Crippen LogP contribution is -1.93. The average Bonchev–Trinajstić information content (AvgIpc) is 2.73. The molecule has 0 N–H and O–H groups in total. The molecule has 0 aliphatic carbocycles. The zero-order valence-corrected chi connectivity index (χ0v) is 18.1. The van der Waals surface area contributed by atoms with E-state index in [4.69, 9.17) is 37.7 Å². The van der Waals surface area contributed by atoms with Crippen LogP contribution >= 0.6 is 35.6 Å². The molecule has 4 rings (SSSR count). The molecule has 1 aromatic heterocycles. The van der Waals surface area contributed by atoms with Gasteiger partial charge in [-0.1, -0.05) is 41.4 Å². The van der Waals surface area contributed by atoms with Gasteiger partial charge < -0.3 is 9.47 Å². The van der Waals surface area contributed by atoms with E-state index in [1.54, 1.807) is 14.2 Å². The third kappa shape index (κ3) is 4.13. The van der Waals surface area contributed by atoms with Crippen LogP contribution in [0.4, 0.5) is 0 Å². The van der Waals surface area contributed by atoms with Crippen molar-refractivity contribution < 1.29 is 9.47 Å². The van der Waals surface area contributed by atoms with Crippen LogP contribution in [-0.2, 0) is 0 Å². The molecule has 0 atom stereocenters. The van der Waals surface area contributed by atoms with E-state index in [9.17, 15) is 0 Å². The van der Waals surface area contributed by atoms with Crippen LogP contribution in [0, 0.1) is 0 Å². The van der Waals surface area contributed by atoms with Gasteiger partial charge in [0.15, 0.2) is 11.5 Å². The molecule has 0 aliphatic rings. The van der Waals surface area contributed by atoms with Crippen LogP contribution in [0.5, 0.6) is 11.5 Å². The highest BCUT2D eigenvalue weighted by Gasteiger charge is 2.14. The van der Waals surface area contributed by atoms with E-state index in [0.29, 0.717) is 21.5 Å². The first-order valence-corrected chi connectivity index (χ1v) is 9.44. The maximum Gasteiger partial charge on any atom is 0.161 e. The van der Waals surface area contributed by atoms with E-state index >= 15 is 0 Å². The van der Waals surface area contributed by atoms with E-state index in [0.717, 1.165) is 33.3 Å².